The first kappa shape index (κ1) is 12.1. The quantitative estimate of drug-likeness (QED) is 0.724. The summed E-state index contributed by atoms with van der Waals surface area (Å²) in [5, 5.41) is 10.4. The Morgan fingerprint density at radius 2 is 2.13 bits per heavy atom. The standard InChI is InChI=1S/C13H15ClO/c1-4-13(3,15)8-7-11-5-6-12(14)10(2)9-11/h5-6,9,15H,4H2,1-3H3. The molecule has 0 aromatic heterocycles. The minimum Gasteiger partial charge on any atom is -0.378 e. The summed E-state index contributed by atoms with van der Waals surface area (Å²) in [5.74, 6) is 5.78. The minimum absolute atomic E-state index is 0.618. The summed E-state index contributed by atoms with van der Waals surface area (Å²) in [6, 6.07) is 5.59. The number of rotatable bonds is 1. The lowest BCUT2D eigenvalue weighted by Gasteiger charge is -2.11. The van der Waals surface area contributed by atoms with Crippen LogP contribution in [-0.4, -0.2) is 10.7 Å². The van der Waals surface area contributed by atoms with E-state index in [1.807, 2.05) is 32.0 Å². The van der Waals surface area contributed by atoms with Crippen molar-refractivity contribution in [3.8, 4) is 11.8 Å². The molecule has 0 aliphatic carbocycles. The lowest BCUT2D eigenvalue weighted by molar-refractivity contribution is 0.118. The summed E-state index contributed by atoms with van der Waals surface area (Å²) in [4.78, 5) is 0. The molecular weight excluding hydrogens is 208 g/mol. The Morgan fingerprint density at radius 3 is 2.67 bits per heavy atom. The average Bonchev–Trinajstić information content (AvgIpc) is 2.20. The van der Waals surface area contributed by atoms with E-state index in [9.17, 15) is 5.11 Å². The zero-order valence-corrected chi connectivity index (χ0v) is 10.0. The topological polar surface area (TPSA) is 20.2 Å². The van der Waals surface area contributed by atoms with Gasteiger partial charge < -0.3 is 5.11 Å². The van der Waals surface area contributed by atoms with E-state index in [-0.39, 0.29) is 0 Å². The zero-order valence-electron chi connectivity index (χ0n) is 9.26. The summed E-state index contributed by atoms with van der Waals surface area (Å²) in [7, 11) is 0. The van der Waals surface area contributed by atoms with Crippen LogP contribution in [-0.2, 0) is 0 Å². The van der Waals surface area contributed by atoms with Gasteiger partial charge in [0.25, 0.3) is 0 Å². The molecule has 1 rings (SSSR count). The van der Waals surface area contributed by atoms with E-state index in [0.29, 0.717) is 6.42 Å². The van der Waals surface area contributed by atoms with E-state index in [1.165, 1.54) is 0 Å². The van der Waals surface area contributed by atoms with Crippen LogP contribution in [0.4, 0.5) is 0 Å². The average molecular weight is 223 g/mol. The molecule has 0 amide bonds. The summed E-state index contributed by atoms with van der Waals surface area (Å²) in [6.07, 6.45) is 0.618. The highest BCUT2D eigenvalue weighted by Crippen LogP contribution is 2.16. The molecule has 0 radical (unpaired) electrons. The van der Waals surface area contributed by atoms with Crippen molar-refractivity contribution < 1.29 is 5.11 Å². The number of aliphatic hydroxyl groups is 1. The highest BCUT2D eigenvalue weighted by Gasteiger charge is 2.12. The van der Waals surface area contributed by atoms with Gasteiger partial charge in [-0.3, -0.25) is 0 Å². The van der Waals surface area contributed by atoms with Crippen LogP contribution in [0.5, 0.6) is 0 Å². The molecular formula is C13H15ClO. The van der Waals surface area contributed by atoms with Crippen molar-refractivity contribution >= 4 is 11.6 Å². The highest BCUT2D eigenvalue weighted by atomic mass is 35.5. The molecule has 0 bridgehead atoms. The molecule has 1 aromatic carbocycles. The van der Waals surface area contributed by atoms with Gasteiger partial charge in [-0.25, -0.2) is 0 Å². The molecule has 0 aliphatic rings. The molecule has 15 heavy (non-hydrogen) atoms. The molecule has 0 fully saturated rings. The van der Waals surface area contributed by atoms with Crippen molar-refractivity contribution in [3.63, 3.8) is 0 Å². The maximum atomic E-state index is 9.71. The third-order valence-corrected chi connectivity index (χ3v) is 2.75. The van der Waals surface area contributed by atoms with Gasteiger partial charge in [0.05, 0.1) is 0 Å². The molecule has 1 unspecified atom stereocenters. The monoisotopic (exact) mass is 222 g/mol. The Morgan fingerprint density at radius 1 is 1.47 bits per heavy atom. The number of halogens is 1. The van der Waals surface area contributed by atoms with Crippen LogP contribution in [0.1, 0.15) is 31.4 Å². The van der Waals surface area contributed by atoms with E-state index in [4.69, 9.17) is 11.6 Å². The predicted molar refractivity (Wildman–Crippen MR) is 64.0 cm³/mol. The van der Waals surface area contributed by atoms with Gasteiger partial charge in [0, 0.05) is 10.6 Å². The summed E-state index contributed by atoms with van der Waals surface area (Å²) >= 11 is 5.90. The maximum Gasteiger partial charge on any atom is 0.122 e. The normalized spacial score (nSPS) is 13.9. The van der Waals surface area contributed by atoms with E-state index in [1.54, 1.807) is 6.92 Å². The Kier molecular flexibility index (Phi) is 3.79. The van der Waals surface area contributed by atoms with Gasteiger partial charge in [0.15, 0.2) is 0 Å². The van der Waals surface area contributed by atoms with Crippen molar-refractivity contribution in [2.75, 3.05) is 0 Å². The van der Waals surface area contributed by atoms with E-state index >= 15 is 0 Å². The molecule has 0 saturated carbocycles. The third-order valence-electron chi connectivity index (χ3n) is 2.32. The fourth-order valence-electron chi connectivity index (χ4n) is 1.02. The van der Waals surface area contributed by atoms with Crippen molar-refractivity contribution in [1.82, 2.24) is 0 Å². The van der Waals surface area contributed by atoms with E-state index in [0.717, 1.165) is 16.1 Å². The molecule has 1 nitrogen and oxygen atoms in total. The minimum atomic E-state index is -0.909. The third kappa shape index (κ3) is 3.58. The number of hydrogen-bond acceptors (Lipinski definition) is 1. The molecule has 2 heteroatoms. The van der Waals surface area contributed by atoms with Gasteiger partial charge in [-0.15, -0.1) is 0 Å². The van der Waals surface area contributed by atoms with Crippen LogP contribution in [0.25, 0.3) is 0 Å². The van der Waals surface area contributed by atoms with Gasteiger partial charge in [-0.2, -0.15) is 0 Å². The highest BCUT2D eigenvalue weighted by molar-refractivity contribution is 6.31. The van der Waals surface area contributed by atoms with Crippen LogP contribution < -0.4 is 0 Å². The molecule has 1 N–H and O–H groups in total. The second-order valence-electron chi connectivity index (χ2n) is 3.84. The van der Waals surface area contributed by atoms with E-state index < -0.39 is 5.60 Å². The number of aryl methyl sites for hydroxylation is 1. The second kappa shape index (κ2) is 4.70. The molecule has 1 atom stereocenters. The Bertz CT molecular complexity index is 410. The van der Waals surface area contributed by atoms with Gasteiger partial charge in [-0.1, -0.05) is 30.4 Å². The molecule has 1 aromatic rings. The lowest BCUT2D eigenvalue weighted by Crippen LogP contribution is -2.19. The van der Waals surface area contributed by atoms with Crippen molar-refractivity contribution in [1.29, 1.82) is 0 Å². The molecule has 0 spiro atoms. The molecule has 0 heterocycles. The zero-order chi connectivity index (χ0) is 11.5. The largest absolute Gasteiger partial charge is 0.378 e. The van der Waals surface area contributed by atoms with Gasteiger partial charge in [-0.05, 0) is 44.0 Å². The molecule has 80 valence electrons. The van der Waals surface area contributed by atoms with Crippen LogP contribution in [0.15, 0.2) is 18.2 Å². The first-order valence-electron chi connectivity index (χ1n) is 4.96. The lowest BCUT2D eigenvalue weighted by atomic mass is 10.0. The summed E-state index contributed by atoms with van der Waals surface area (Å²) < 4.78 is 0. The number of benzene rings is 1. The van der Waals surface area contributed by atoms with E-state index in [2.05, 4.69) is 11.8 Å². The SMILES string of the molecule is CCC(C)(O)C#Cc1ccc(Cl)c(C)c1. The van der Waals surface area contributed by atoms with Crippen molar-refractivity contribution in [3.05, 3.63) is 34.3 Å². The molecule has 0 aliphatic heterocycles. The maximum absolute atomic E-state index is 9.71. The van der Waals surface area contributed by atoms with Crippen LogP contribution in [0.2, 0.25) is 5.02 Å². The summed E-state index contributed by atoms with van der Waals surface area (Å²) in [5.41, 5.74) is 0.971. The van der Waals surface area contributed by atoms with Gasteiger partial charge in [0.1, 0.15) is 5.60 Å². The van der Waals surface area contributed by atoms with Gasteiger partial charge >= 0.3 is 0 Å². The fourth-order valence-corrected chi connectivity index (χ4v) is 1.14. The van der Waals surface area contributed by atoms with Crippen LogP contribution >= 0.6 is 11.6 Å². The smallest absolute Gasteiger partial charge is 0.122 e. The Balaban J connectivity index is 2.95. The first-order valence-corrected chi connectivity index (χ1v) is 5.34. The van der Waals surface area contributed by atoms with Crippen LogP contribution in [0.3, 0.4) is 0 Å². The number of hydrogen-bond donors (Lipinski definition) is 1. The predicted octanol–water partition coefficient (Wildman–Crippen LogP) is 3.16. The summed E-state index contributed by atoms with van der Waals surface area (Å²) in [6.45, 7) is 5.55. The van der Waals surface area contributed by atoms with Crippen molar-refractivity contribution in [2.24, 2.45) is 0 Å². The Labute approximate surface area is 96.1 Å². The van der Waals surface area contributed by atoms with Gasteiger partial charge in [0.2, 0.25) is 0 Å². The fraction of sp³-hybridized carbons (Fsp3) is 0.385. The second-order valence-corrected chi connectivity index (χ2v) is 4.25. The van der Waals surface area contributed by atoms with Crippen LogP contribution in [0, 0.1) is 18.8 Å². The van der Waals surface area contributed by atoms with Crippen molar-refractivity contribution in [2.45, 2.75) is 32.8 Å². The first-order chi connectivity index (χ1) is 6.94. The Hall–Kier alpha value is -0.970. The molecule has 0 saturated heterocycles.